The fraction of sp³-hybridized carbons (Fsp3) is 0.308. The number of hydrogen-bond donors (Lipinski definition) is 1. The normalized spacial score (nSPS) is 19.1. The maximum atomic E-state index is 13.7. The highest BCUT2D eigenvalue weighted by Gasteiger charge is 2.44. The lowest BCUT2D eigenvalue weighted by Gasteiger charge is -2.31. The molecular weight excluding hydrogens is 455 g/mol. The number of aliphatic hydroxyl groups is 1. The fourth-order valence-corrected chi connectivity index (χ4v) is 4.62. The molecule has 1 N–H and O–H groups in total. The van der Waals surface area contributed by atoms with Crippen LogP contribution in [0.2, 0.25) is 0 Å². The van der Waals surface area contributed by atoms with Crippen molar-refractivity contribution in [3.05, 3.63) is 77.0 Å². The molecule has 182 valence electrons. The number of rotatable bonds is 7. The molecule has 8 nitrogen and oxygen atoms in total. The molecule has 9 heteroatoms. The van der Waals surface area contributed by atoms with Gasteiger partial charge in [-0.1, -0.05) is 24.3 Å². The minimum atomic E-state index is -0.883. The summed E-state index contributed by atoms with van der Waals surface area (Å²) >= 11 is 0. The first kappa shape index (κ1) is 23.1. The smallest absolute Gasteiger partial charge is 0.290 e. The number of para-hydroxylation sites is 1. The minimum absolute atomic E-state index is 0.0269. The molecule has 0 spiro atoms. The summed E-state index contributed by atoms with van der Waals surface area (Å²) in [6, 6.07) is 11.5. The van der Waals surface area contributed by atoms with Crippen molar-refractivity contribution < 1.29 is 33.0 Å². The van der Waals surface area contributed by atoms with Crippen LogP contribution in [0.5, 0.6) is 5.75 Å². The first-order chi connectivity index (χ1) is 17.0. The molecule has 35 heavy (non-hydrogen) atoms. The molecule has 0 aliphatic carbocycles. The van der Waals surface area contributed by atoms with E-state index in [1.165, 1.54) is 36.3 Å². The second-order valence-corrected chi connectivity index (χ2v) is 8.49. The van der Waals surface area contributed by atoms with Gasteiger partial charge < -0.3 is 23.9 Å². The Kier molecular flexibility index (Phi) is 6.27. The van der Waals surface area contributed by atoms with Crippen LogP contribution in [-0.2, 0) is 9.53 Å². The van der Waals surface area contributed by atoms with Gasteiger partial charge in [-0.3, -0.25) is 14.5 Å². The van der Waals surface area contributed by atoms with Crippen molar-refractivity contribution in [2.24, 2.45) is 0 Å². The molecule has 3 aromatic rings. The van der Waals surface area contributed by atoms with Gasteiger partial charge in [0.15, 0.2) is 22.9 Å². The number of aliphatic hydroxyl groups excluding tert-OH is 1. The molecule has 2 aliphatic heterocycles. The highest BCUT2D eigenvalue weighted by atomic mass is 19.1. The van der Waals surface area contributed by atoms with E-state index in [2.05, 4.69) is 4.90 Å². The predicted molar refractivity (Wildman–Crippen MR) is 125 cm³/mol. The number of carbonyl (C=O) groups is 2. The van der Waals surface area contributed by atoms with Crippen molar-refractivity contribution >= 4 is 22.7 Å². The van der Waals surface area contributed by atoms with Gasteiger partial charge in [-0.25, -0.2) is 4.39 Å². The number of nitrogens with zero attached hydrogens (tertiary/aromatic N) is 2. The maximum Gasteiger partial charge on any atom is 0.290 e. The van der Waals surface area contributed by atoms with E-state index in [-0.39, 0.29) is 17.9 Å². The maximum absolute atomic E-state index is 13.7. The molecule has 1 amide bonds. The Labute approximate surface area is 201 Å². The first-order valence-corrected chi connectivity index (χ1v) is 11.4. The fourth-order valence-electron chi connectivity index (χ4n) is 4.62. The number of furan rings is 1. The molecule has 3 heterocycles. The molecule has 5 rings (SSSR count). The third-order valence-electron chi connectivity index (χ3n) is 6.45. The van der Waals surface area contributed by atoms with Crippen LogP contribution in [0, 0.1) is 5.82 Å². The topological polar surface area (TPSA) is 92.5 Å². The summed E-state index contributed by atoms with van der Waals surface area (Å²) in [5.41, 5.74) is 0.815. The molecule has 1 fully saturated rings. The number of ether oxygens (including phenoxy) is 2. The molecule has 1 atom stereocenters. The summed E-state index contributed by atoms with van der Waals surface area (Å²) in [4.78, 5) is 30.4. The van der Waals surface area contributed by atoms with Gasteiger partial charge in [-0.15, -0.1) is 0 Å². The lowest BCUT2D eigenvalue weighted by atomic mass is 9.95. The predicted octanol–water partition coefficient (Wildman–Crippen LogP) is 3.49. The van der Waals surface area contributed by atoms with Gasteiger partial charge in [-0.05, 0) is 29.8 Å². The Balaban J connectivity index is 1.51. The second kappa shape index (κ2) is 9.52. The van der Waals surface area contributed by atoms with E-state index in [0.29, 0.717) is 42.0 Å². The highest BCUT2D eigenvalue weighted by Crippen LogP contribution is 2.40. The number of fused-ring (bicyclic) bond motifs is 1. The molecule has 0 bridgehead atoms. The summed E-state index contributed by atoms with van der Waals surface area (Å²) in [5, 5.41) is 11.5. The lowest BCUT2D eigenvalue weighted by Crippen LogP contribution is -2.43. The van der Waals surface area contributed by atoms with Gasteiger partial charge >= 0.3 is 0 Å². The van der Waals surface area contributed by atoms with Crippen molar-refractivity contribution in [2.75, 3.05) is 46.5 Å². The average Bonchev–Trinajstić information content (AvgIpc) is 3.43. The van der Waals surface area contributed by atoms with Gasteiger partial charge in [0.25, 0.3) is 5.91 Å². The molecule has 0 saturated carbocycles. The lowest BCUT2D eigenvalue weighted by molar-refractivity contribution is -0.129. The average molecular weight is 480 g/mol. The summed E-state index contributed by atoms with van der Waals surface area (Å²) in [7, 11) is 1.50. The number of morpholine rings is 1. The van der Waals surface area contributed by atoms with Crippen LogP contribution in [0.25, 0.3) is 11.0 Å². The summed E-state index contributed by atoms with van der Waals surface area (Å²) in [6.07, 6.45) is 0. The van der Waals surface area contributed by atoms with E-state index >= 15 is 0 Å². The zero-order valence-electron chi connectivity index (χ0n) is 19.2. The van der Waals surface area contributed by atoms with E-state index in [0.717, 1.165) is 13.1 Å². The quantitative estimate of drug-likeness (QED) is 0.518. The molecule has 1 saturated heterocycles. The monoisotopic (exact) mass is 480 g/mol. The van der Waals surface area contributed by atoms with Crippen molar-refractivity contribution in [1.29, 1.82) is 0 Å². The summed E-state index contributed by atoms with van der Waals surface area (Å²) in [5.74, 6) is -1.89. The number of Topliss-reactive ketones (excluding diaryl/α,β-unsaturated/α-hetero) is 1. The Hall–Kier alpha value is -3.69. The summed E-state index contributed by atoms with van der Waals surface area (Å²) in [6.45, 7) is 3.50. The third kappa shape index (κ3) is 4.28. The van der Waals surface area contributed by atoms with Crippen LogP contribution in [-0.4, -0.2) is 73.1 Å². The molecule has 1 aromatic heterocycles. The Morgan fingerprint density at radius 3 is 2.60 bits per heavy atom. The van der Waals surface area contributed by atoms with Gasteiger partial charge in [0.2, 0.25) is 5.78 Å². The number of benzene rings is 2. The van der Waals surface area contributed by atoms with Crippen LogP contribution in [0.1, 0.15) is 22.2 Å². The SMILES string of the molecule is COc1cccc2cc(C(=O)C3=C(O)C(=O)N(CCN4CCOCC4)C3c3ccc(F)cc3)oc12. The number of carbonyl (C=O) groups excluding carboxylic acids is 2. The van der Waals surface area contributed by atoms with Crippen molar-refractivity contribution in [3.63, 3.8) is 0 Å². The highest BCUT2D eigenvalue weighted by molar-refractivity contribution is 6.16. The van der Waals surface area contributed by atoms with E-state index in [9.17, 15) is 19.1 Å². The number of methoxy groups -OCH3 is 1. The second-order valence-electron chi connectivity index (χ2n) is 8.49. The number of ketones is 1. The number of amides is 1. The number of halogens is 1. The zero-order valence-corrected chi connectivity index (χ0v) is 19.2. The van der Waals surface area contributed by atoms with E-state index < -0.39 is 29.3 Å². The molecule has 2 aromatic carbocycles. The zero-order chi connectivity index (χ0) is 24.5. The molecular formula is C26H25FN2O6. The van der Waals surface area contributed by atoms with Crippen molar-refractivity contribution in [1.82, 2.24) is 9.80 Å². The van der Waals surface area contributed by atoms with E-state index in [4.69, 9.17) is 13.9 Å². The van der Waals surface area contributed by atoms with Crippen LogP contribution in [0.15, 0.2) is 64.3 Å². The van der Waals surface area contributed by atoms with Gasteiger partial charge in [0, 0.05) is 31.6 Å². The van der Waals surface area contributed by atoms with Gasteiger partial charge in [0.1, 0.15) is 5.82 Å². The van der Waals surface area contributed by atoms with Gasteiger partial charge in [0.05, 0.1) is 31.9 Å². The molecule has 1 unspecified atom stereocenters. The summed E-state index contributed by atoms with van der Waals surface area (Å²) < 4.78 is 30.2. The van der Waals surface area contributed by atoms with Gasteiger partial charge in [-0.2, -0.15) is 0 Å². The third-order valence-corrected chi connectivity index (χ3v) is 6.45. The Morgan fingerprint density at radius 2 is 1.89 bits per heavy atom. The first-order valence-electron chi connectivity index (χ1n) is 11.4. The molecule has 2 aliphatic rings. The Bertz CT molecular complexity index is 1290. The Morgan fingerprint density at radius 1 is 1.14 bits per heavy atom. The largest absolute Gasteiger partial charge is 0.503 e. The van der Waals surface area contributed by atoms with Crippen LogP contribution >= 0.6 is 0 Å². The standard InChI is InChI=1S/C26H25FN2O6/c1-33-19-4-2-3-17-15-20(35-25(17)19)23(30)21-22(16-5-7-18(27)8-6-16)29(26(32)24(21)31)10-9-28-11-13-34-14-12-28/h2-8,15,22,31H,9-14H2,1H3. The van der Waals surface area contributed by atoms with Crippen LogP contribution < -0.4 is 4.74 Å². The van der Waals surface area contributed by atoms with E-state index in [1.54, 1.807) is 24.3 Å². The van der Waals surface area contributed by atoms with E-state index in [1.807, 2.05) is 0 Å². The van der Waals surface area contributed by atoms with Crippen LogP contribution in [0.4, 0.5) is 4.39 Å². The molecule has 0 radical (unpaired) electrons. The van der Waals surface area contributed by atoms with Crippen molar-refractivity contribution in [3.8, 4) is 5.75 Å². The number of hydrogen-bond acceptors (Lipinski definition) is 7. The minimum Gasteiger partial charge on any atom is -0.503 e. The van der Waals surface area contributed by atoms with Crippen molar-refractivity contribution in [2.45, 2.75) is 6.04 Å². The van der Waals surface area contributed by atoms with Crippen LogP contribution in [0.3, 0.4) is 0 Å².